The van der Waals surface area contributed by atoms with E-state index in [1.54, 1.807) is 30.3 Å². The van der Waals surface area contributed by atoms with Crippen LogP contribution < -0.4 is 9.47 Å². The molecule has 0 aliphatic carbocycles. The highest BCUT2D eigenvalue weighted by atomic mass is 79.9. The van der Waals surface area contributed by atoms with Gasteiger partial charge < -0.3 is 14.6 Å². The number of carboxylic acids is 1. The quantitative estimate of drug-likeness (QED) is 0.675. The van der Waals surface area contributed by atoms with Gasteiger partial charge >= 0.3 is 11.9 Å². The fraction of sp³-hybridized carbons (Fsp3) is 0.0667. The van der Waals surface area contributed by atoms with Crippen LogP contribution in [0.3, 0.4) is 0 Å². The van der Waals surface area contributed by atoms with Gasteiger partial charge in [0, 0.05) is 4.47 Å². The summed E-state index contributed by atoms with van der Waals surface area (Å²) in [6.45, 7) is 0. The highest BCUT2D eigenvalue weighted by Gasteiger charge is 2.16. The molecule has 0 aliphatic rings. The Labute approximate surface area is 129 Å². The van der Waals surface area contributed by atoms with Gasteiger partial charge in [0.1, 0.15) is 17.1 Å². The van der Waals surface area contributed by atoms with Gasteiger partial charge in [-0.05, 0) is 42.5 Å². The molecule has 2 aromatic rings. The number of hydrogen-bond acceptors (Lipinski definition) is 4. The molecule has 0 fully saturated rings. The van der Waals surface area contributed by atoms with Crippen LogP contribution in [0.25, 0.3) is 0 Å². The molecular formula is C15H11BrO5. The first kappa shape index (κ1) is 15.1. The molecule has 0 aliphatic heterocycles. The molecule has 5 nitrogen and oxygen atoms in total. The summed E-state index contributed by atoms with van der Waals surface area (Å²) in [5.74, 6) is -1.20. The molecule has 2 aromatic carbocycles. The van der Waals surface area contributed by atoms with Crippen molar-refractivity contribution in [2.75, 3.05) is 7.11 Å². The molecule has 0 spiro atoms. The minimum atomic E-state index is -1.17. The van der Waals surface area contributed by atoms with Crippen LogP contribution in [0.15, 0.2) is 46.9 Å². The zero-order valence-electron chi connectivity index (χ0n) is 11.0. The Bertz CT molecular complexity index is 679. The van der Waals surface area contributed by atoms with Crippen LogP contribution in [-0.4, -0.2) is 24.2 Å². The molecule has 1 N–H and O–H groups in total. The molecule has 6 heteroatoms. The number of carboxylic acid groups (broad SMARTS) is 1. The average molecular weight is 351 g/mol. The predicted octanol–water partition coefficient (Wildman–Crippen LogP) is 3.38. The highest BCUT2D eigenvalue weighted by Crippen LogP contribution is 2.24. The molecule has 0 bridgehead atoms. The Kier molecular flexibility index (Phi) is 4.59. The normalized spacial score (nSPS) is 10.0. The fourth-order valence-corrected chi connectivity index (χ4v) is 2.01. The number of aromatic carboxylic acids is 1. The second-order valence-electron chi connectivity index (χ2n) is 4.06. The largest absolute Gasteiger partial charge is 0.497 e. The molecule has 0 amide bonds. The predicted molar refractivity (Wildman–Crippen MR) is 79.1 cm³/mol. The van der Waals surface area contributed by atoms with E-state index in [9.17, 15) is 9.59 Å². The lowest BCUT2D eigenvalue weighted by Crippen LogP contribution is -2.11. The minimum absolute atomic E-state index is 0.00785. The van der Waals surface area contributed by atoms with Crippen molar-refractivity contribution in [1.29, 1.82) is 0 Å². The number of benzene rings is 2. The summed E-state index contributed by atoms with van der Waals surface area (Å²) in [6.07, 6.45) is 0. The molecule has 108 valence electrons. The Morgan fingerprint density at radius 2 is 1.76 bits per heavy atom. The standard InChI is InChI=1S/C15H11BrO5/c1-20-11-5-2-9(3-6-11)15(19)21-13-7-4-10(16)8-12(13)14(17)18/h2-8H,1H3,(H,17,18). The molecule has 0 saturated carbocycles. The smallest absolute Gasteiger partial charge is 0.343 e. The van der Waals surface area contributed by atoms with Crippen molar-refractivity contribution >= 4 is 27.9 Å². The maximum absolute atomic E-state index is 12.0. The van der Waals surface area contributed by atoms with Crippen LogP contribution in [0.1, 0.15) is 20.7 Å². The molecule has 0 saturated heterocycles. The third-order valence-corrected chi connectivity index (χ3v) is 3.19. The summed E-state index contributed by atoms with van der Waals surface area (Å²) < 4.78 is 10.7. The first-order valence-electron chi connectivity index (χ1n) is 5.90. The summed E-state index contributed by atoms with van der Waals surface area (Å²) in [7, 11) is 1.52. The molecule has 2 rings (SSSR count). The highest BCUT2D eigenvalue weighted by molar-refractivity contribution is 9.10. The van der Waals surface area contributed by atoms with Crippen molar-refractivity contribution in [2.24, 2.45) is 0 Å². The van der Waals surface area contributed by atoms with Crippen LogP contribution in [0, 0.1) is 0 Å². The van der Waals surface area contributed by atoms with Gasteiger partial charge in [0.15, 0.2) is 0 Å². The van der Waals surface area contributed by atoms with E-state index in [-0.39, 0.29) is 11.3 Å². The second kappa shape index (κ2) is 6.41. The Morgan fingerprint density at radius 1 is 1.10 bits per heavy atom. The number of esters is 1. The fourth-order valence-electron chi connectivity index (χ4n) is 1.64. The van der Waals surface area contributed by atoms with Crippen molar-refractivity contribution < 1.29 is 24.2 Å². The van der Waals surface area contributed by atoms with Crippen molar-refractivity contribution in [3.8, 4) is 11.5 Å². The molecule has 0 radical (unpaired) electrons. The van der Waals surface area contributed by atoms with Gasteiger partial charge in [-0.1, -0.05) is 15.9 Å². The van der Waals surface area contributed by atoms with Crippen LogP contribution in [0.2, 0.25) is 0 Å². The lowest BCUT2D eigenvalue weighted by Gasteiger charge is -2.08. The van der Waals surface area contributed by atoms with E-state index >= 15 is 0 Å². The molecular weight excluding hydrogens is 340 g/mol. The van der Waals surface area contributed by atoms with Crippen LogP contribution in [0.5, 0.6) is 11.5 Å². The zero-order valence-corrected chi connectivity index (χ0v) is 12.6. The van der Waals surface area contributed by atoms with Crippen molar-refractivity contribution in [3.63, 3.8) is 0 Å². The third-order valence-electron chi connectivity index (χ3n) is 2.70. The maximum Gasteiger partial charge on any atom is 0.343 e. The van der Waals surface area contributed by atoms with Gasteiger partial charge in [-0.25, -0.2) is 9.59 Å². The second-order valence-corrected chi connectivity index (χ2v) is 4.98. The lowest BCUT2D eigenvalue weighted by atomic mass is 10.2. The van der Waals surface area contributed by atoms with Crippen LogP contribution in [-0.2, 0) is 0 Å². The molecule has 0 aromatic heterocycles. The van der Waals surface area contributed by atoms with Crippen molar-refractivity contribution in [2.45, 2.75) is 0 Å². The summed E-state index contributed by atoms with van der Waals surface area (Å²) in [6, 6.07) is 10.7. The average Bonchev–Trinajstić information content (AvgIpc) is 2.49. The van der Waals surface area contributed by atoms with E-state index in [0.717, 1.165) is 0 Å². The summed E-state index contributed by atoms with van der Waals surface area (Å²) in [5.41, 5.74) is 0.210. The van der Waals surface area contributed by atoms with Gasteiger partial charge in [-0.3, -0.25) is 0 Å². The van der Waals surface area contributed by atoms with E-state index in [1.165, 1.54) is 19.2 Å². The van der Waals surface area contributed by atoms with E-state index in [0.29, 0.717) is 15.8 Å². The molecule has 21 heavy (non-hydrogen) atoms. The third kappa shape index (κ3) is 3.61. The Balaban J connectivity index is 2.24. The number of methoxy groups -OCH3 is 1. The number of halogens is 1. The SMILES string of the molecule is COc1ccc(C(=O)Oc2ccc(Br)cc2C(=O)O)cc1. The monoisotopic (exact) mass is 350 g/mol. The van der Waals surface area contributed by atoms with E-state index in [1.807, 2.05) is 0 Å². The summed E-state index contributed by atoms with van der Waals surface area (Å²) in [4.78, 5) is 23.2. The van der Waals surface area contributed by atoms with Gasteiger partial charge in [0.05, 0.1) is 12.7 Å². The summed E-state index contributed by atoms with van der Waals surface area (Å²) in [5, 5.41) is 9.11. The van der Waals surface area contributed by atoms with Gasteiger partial charge in [0.2, 0.25) is 0 Å². The lowest BCUT2D eigenvalue weighted by molar-refractivity contribution is 0.0681. The topological polar surface area (TPSA) is 72.8 Å². The Hall–Kier alpha value is -2.34. The van der Waals surface area contributed by atoms with E-state index in [2.05, 4.69) is 15.9 Å². The number of carbonyl (C=O) groups excluding carboxylic acids is 1. The Morgan fingerprint density at radius 3 is 2.33 bits per heavy atom. The number of hydrogen-bond donors (Lipinski definition) is 1. The summed E-state index contributed by atoms with van der Waals surface area (Å²) >= 11 is 3.17. The number of rotatable bonds is 4. The van der Waals surface area contributed by atoms with Crippen molar-refractivity contribution in [3.05, 3.63) is 58.1 Å². The van der Waals surface area contributed by atoms with Gasteiger partial charge in [-0.15, -0.1) is 0 Å². The first-order chi connectivity index (χ1) is 10.0. The van der Waals surface area contributed by atoms with Crippen LogP contribution >= 0.6 is 15.9 Å². The maximum atomic E-state index is 12.0. The number of carbonyl (C=O) groups is 2. The van der Waals surface area contributed by atoms with E-state index < -0.39 is 11.9 Å². The minimum Gasteiger partial charge on any atom is -0.497 e. The molecule has 0 heterocycles. The van der Waals surface area contributed by atoms with Crippen molar-refractivity contribution in [1.82, 2.24) is 0 Å². The molecule has 0 unspecified atom stereocenters. The number of ether oxygens (including phenoxy) is 2. The first-order valence-corrected chi connectivity index (χ1v) is 6.69. The van der Waals surface area contributed by atoms with E-state index in [4.69, 9.17) is 14.6 Å². The molecule has 0 atom stereocenters. The van der Waals surface area contributed by atoms with Gasteiger partial charge in [0.25, 0.3) is 0 Å². The van der Waals surface area contributed by atoms with Crippen LogP contribution in [0.4, 0.5) is 0 Å². The van der Waals surface area contributed by atoms with Gasteiger partial charge in [-0.2, -0.15) is 0 Å². The zero-order chi connectivity index (χ0) is 15.4.